The van der Waals surface area contributed by atoms with E-state index in [1.807, 2.05) is 0 Å². The van der Waals surface area contributed by atoms with Crippen LogP contribution in [0.15, 0.2) is 18.2 Å². The van der Waals surface area contributed by atoms with Gasteiger partial charge in [-0.1, -0.05) is 20.8 Å². The van der Waals surface area contributed by atoms with Crippen molar-refractivity contribution in [2.45, 2.75) is 46.1 Å². The molecular formula is C15H21F2NO. The van der Waals surface area contributed by atoms with Gasteiger partial charge in [0.15, 0.2) is 0 Å². The van der Waals surface area contributed by atoms with Gasteiger partial charge < -0.3 is 5.73 Å². The van der Waals surface area contributed by atoms with E-state index in [1.54, 1.807) is 0 Å². The van der Waals surface area contributed by atoms with Gasteiger partial charge in [0.05, 0.1) is 0 Å². The molecule has 0 heterocycles. The molecule has 0 bridgehead atoms. The zero-order chi connectivity index (χ0) is 14.6. The second kappa shape index (κ2) is 6.24. The molecule has 0 amide bonds. The topological polar surface area (TPSA) is 43.1 Å². The minimum absolute atomic E-state index is 0.0204. The Morgan fingerprint density at radius 1 is 1.21 bits per heavy atom. The molecule has 1 rings (SSSR count). The molecule has 0 saturated heterocycles. The molecule has 0 aliphatic carbocycles. The van der Waals surface area contributed by atoms with Gasteiger partial charge in [-0.3, -0.25) is 4.79 Å². The van der Waals surface area contributed by atoms with E-state index in [-0.39, 0.29) is 30.1 Å². The summed E-state index contributed by atoms with van der Waals surface area (Å²) in [6.45, 7) is 6.16. The molecule has 1 unspecified atom stereocenters. The summed E-state index contributed by atoms with van der Waals surface area (Å²) in [4.78, 5) is 11.8. The normalized spacial score (nSPS) is 13.4. The van der Waals surface area contributed by atoms with E-state index < -0.39 is 11.6 Å². The van der Waals surface area contributed by atoms with Crippen molar-refractivity contribution in [3.05, 3.63) is 35.4 Å². The van der Waals surface area contributed by atoms with E-state index in [2.05, 4.69) is 20.8 Å². The average Bonchev–Trinajstić information content (AvgIpc) is 2.10. The van der Waals surface area contributed by atoms with Gasteiger partial charge in [0.1, 0.15) is 17.4 Å². The zero-order valence-corrected chi connectivity index (χ0v) is 11.7. The van der Waals surface area contributed by atoms with Crippen LogP contribution in [0.25, 0.3) is 0 Å². The Labute approximate surface area is 113 Å². The van der Waals surface area contributed by atoms with E-state index in [0.717, 1.165) is 12.5 Å². The average molecular weight is 269 g/mol. The number of nitrogens with two attached hydrogens (primary N) is 1. The molecule has 106 valence electrons. The van der Waals surface area contributed by atoms with E-state index in [9.17, 15) is 13.6 Å². The number of benzene rings is 1. The lowest BCUT2D eigenvalue weighted by Gasteiger charge is -2.22. The number of halogens is 2. The van der Waals surface area contributed by atoms with Crippen LogP contribution in [0, 0.1) is 17.0 Å². The van der Waals surface area contributed by atoms with E-state index in [0.29, 0.717) is 5.56 Å². The highest BCUT2D eigenvalue weighted by Crippen LogP contribution is 2.21. The van der Waals surface area contributed by atoms with Gasteiger partial charge in [-0.25, -0.2) is 8.78 Å². The smallest absolute Gasteiger partial charge is 0.138 e. The summed E-state index contributed by atoms with van der Waals surface area (Å²) in [5.74, 6) is -1.43. The Balaban J connectivity index is 2.55. The van der Waals surface area contributed by atoms with Crippen molar-refractivity contribution < 1.29 is 13.6 Å². The third kappa shape index (κ3) is 6.43. The number of hydrogen-bond acceptors (Lipinski definition) is 2. The summed E-state index contributed by atoms with van der Waals surface area (Å²) in [6.07, 6.45) is 0.984. The molecule has 2 nitrogen and oxygen atoms in total. The SMILES string of the molecule is CC(C)(C)CC(N)CC(=O)Cc1cc(F)cc(F)c1. The van der Waals surface area contributed by atoms with Crippen LogP contribution in [0.5, 0.6) is 0 Å². The van der Waals surface area contributed by atoms with Crippen molar-refractivity contribution in [3.63, 3.8) is 0 Å². The molecular weight excluding hydrogens is 248 g/mol. The first kappa shape index (κ1) is 15.8. The Bertz CT molecular complexity index is 432. The molecule has 2 N–H and O–H groups in total. The summed E-state index contributed by atoms with van der Waals surface area (Å²) in [5.41, 5.74) is 6.32. The molecule has 0 aliphatic rings. The van der Waals surface area contributed by atoms with E-state index in [4.69, 9.17) is 5.73 Å². The van der Waals surface area contributed by atoms with Crippen LogP contribution in [-0.4, -0.2) is 11.8 Å². The second-order valence-electron chi connectivity index (χ2n) is 6.22. The van der Waals surface area contributed by atoms with E-state index >= 15 is 0 Å². The molecule has 0 fully saturated rings. The van der Waals surface area contributed by atoms with Crippen molar-refractivity contribution in [1.29, 1.82) is 0 Å². The highest BCUT2D eigenvalue weighted by molar-refractivity contribution is 5.81. The lowest BCUT2D eigenvalue weighted by molar-refractivity contribution is -0.118. The molecule has 0 saturated carbocycles. The number of carbonyl (C=O) groups is 1. The van der Waals surface area contributed by atoms with Gasteiger partial charge in [0.2, 0.25) is 0 Å². The van der Waals surface area contributed by atoms with E-state index in [1.165, 1.54) is 12.1 Å². The summed E-state index contributed by atoms with van der Waals surface area (Å²) in [5, 5.41) is 0. The van der Waals surface area contributed by atoms with Crippen molar-refractivity contribution in [2.75, 3.05) is 0 Å². The summed E-state index contributed by atoms with van der Waals surface area (Å²) in [7, 11) is 0. The van der Waals surface area contributed by atoms with Gasteiger partial charge in [0.25, 0.3) is 0 Å². The van der Waals surface area contributed by atoms with Crippen LogP contribution >= 0.6 is 0 Å². The molecule has 0 aliphatic heterocycles. The number of carbonyl (C=O) groups excluding carboxylic acids is 1. The first-order valence-electron chi connectivity index (χ1n) is 6.38. The van der Waals surface area contributed by atoms with Gasteiger partial charge in [-0.05, 0) is 29.5 Å². The highest BCUT2D eigenvalue weighted by atomic mass is 19.1. The Morgan fingerprint density at radius 3 is 2.21 bits per heavy atom. The predicted octanol–water partition coefficient (Wildman–Crippen LogP) is 3.23. The number of Topliss-reactive ketones (excluding diaryl/α,β-unsaturated/α-hetero) is 1. The lowest BCUT2D eigenvalue weighted by atomic mass is 9.86. The van der Waals surface area contributed by atoms with Crippen molar-refractivity contribution >= 4 is 5.78 Å². The Hall–Kier alpha value is -1.29. The summed E-state index contributed by atoms with van der Waals surface area (Å²) >= 11 is 0. The molecule has 19 heavy (non-hydrogen) atoms. The largest absolute Gasteiger partial charge is 0.327 e. The van der Waals surface area contributed by atoms with Crippen LogP contribution in [0.1, 0.15) is 39.2 Å². The second-order valence-corrected chi connectivity index (χ2v) is 6.22. The van der Waals surface area contributed by atoms with Crippen LogP contribution in [-0.2, 0) is 11.2 Å². The van der Waals surface area contributed by atoms with Gasteiger partial charge >= 0.3 is 0 Å². The van der Waals surface area contributed by atoms with Gasteiger partial charge in [-0.15, -0.1) is 0 Å². The summed E-state index contributed by atoms with van der Waals surface area (Å²) in [6, 6.07) is 2.93. The summed E-state index contributed by atoms with van der Waals surface area (Å²) < 4.78 is 26.0. The fourth-order valence-electron chi connectivity index (χ4n) is 2.16. The number of hydrogen-bond donors (Lipinski definition) is 1. The van der Waals surface area contributed by atoms with Crippen molar-refractivity contribution in [2.24, 2.45) is 11.1 Å². The monoisotopic (exact) mass is 269 g/mol. The number of rotatable bonds is 5. The molecule has 4 heteroatoms. The van der Waals surface area contributed by atoms with Crippen LogP contribution in [0.4, 0.5) is 8.78 Å². The van der Waals surface area contributed by atoms with Crippen LogP contribution < -0.4 is 5.73 Å². The first-order valence-corrected chi connectivity index (χ1v) is 6.38. The van der Waals surface area contributed by atoms with Gasteiger partial charge in [-0.2, -0.15) is 0 Å². The fraction of sp³-hybridized carbons (Fsp3) is 0.533. The highest BCUT2D eigenvalue weighted by Gasteiger charge is 2.18. The molecule has 1 atom stereocenters. The van der Waals surface area contributed by atoms with Gasteiger partial charge in [0, 0.05) is 24.9 Å². The van der Waals surface area contributed by atoms with Crippen molar-refractivity contribution in [3.8, 4) is 0 Å². The maximum atomic E-state index is 13.0. The standard InChI is InChI=1S/C15H21F2NO/c1-15(2,3)9-13(18)8-14(19)6-10-4-11(16)7-12(17)5-10/h4-5,7,13H,6,8-9,18H2,1-3H3. The van der Waals surface area contributed by atoms with Crippen molar-refractivity contribution in [1.82, 2.24) is 0 Å². The third-order valence-corrected chi connectivity index (χ3v) is 2.69. The molecule has 0 aromatic heterocycles. The fourth-order valence-corrected chi connectivity index (χ4v) is 2.16. The minimum atomic E-state index is -0.665. The third-order valence-electron chi connectivity index (χ3n) is 2.69. The maximum Gasteiger partial charge on any atom is 0.138 e. The Kier molecular flexibility index (Phi) is 5.18. The molecule has 0 radical (unpaired) electrons. The Morgan fingerprint density at radius 2 is 1.74 bits per heavy atom. The zero-order valence-electron chi connectivity index (χ0n) is 11.7. The lowest BCUT2D eigenvalue weighted by Crippen LogP contribution is -2.29. The molecule has 1 aromatic carbocycles. The molecule has 0 spiro atoms. The first-order chi connectivity index (χ1) is 8.65. The molecule has 1 aromatic rings. The number of ketones is 1. The quantitative estimate of drug-likeness (QED) is 0.891. The minimum Gasteiger partial charge on any atom is -0.327 e. The maximum absolute atomic E-state index is 13.0. The van der Waals surface area contributed by atoms with Crippen LogP contribution in [0.2, 0.25) is 0 Å². The predicted molar refractivity (Wildman–Crippen MR) is 71.7 cm³/mol. The van der Waals surface area contributed by atoms with Crippen LogP contribution in [0.3, 0.4) is 0 Å².